The first-order valence-electron chi connectivity index (χ1n) is 7.92. The van der Waals surface area contributed by atoms with E-state index in [1.54, 1.807) is 4.90 Å². The number of hydrogen-bond donors (Lipinski definition) is 2. The molecule has 1 atom stereocenters. The molecule has 0 aromatic rings. The van der Waals surface area contributed by atoms with Gasteiger partial charge in [0, 0.05) is 18.8 Å². The predicted octanol–water partition coefficient (Wildman–Crippen LogP) is 1.96. The molecule has 2 amide bonds. The van der Waals surface area contributed by atoms with E-state index in [0.29, 0.717) is 24.4 Å². The molecule has 118 valence electrons. The van der Waals surface area contributed by atoms with Crippen molar-refractivity contribution in [2.24, 2.45) is 11.3 Å². The standard InChI is InChI=1S/C16H27N3O2/c1-16(2,3)12-6-8-13(9-7-12)17-18-14(20)15(21)19-10-4-5-11-19/h8,12,17H,4-7,9-11H2,1-3H3,(H,18,20)/t12-/m1/s1. The van der Waals surface area contributed by atoms with Crippen molar-refractivity contribution in [1.29, 1.82) is 0 Å². The van der Waals surface area contributed by atoms with Crippen LogP contribution in [0.1, 0.15) is 52.9 Å². The smallest absolute Gasteiger partial charge is 0.327 e. The largest absolute Gasteiger partial charge is 0.334 e. The normalized spacial score (nSPS) is 22.7. The Hall–Kier alpha value is -1.52. The predicted molar refractivity (Wildman–Crippen MR) is 82.0 cm³/mol. The summed E-state index contributed by atoms with van der Waals surface area (Å²) in [5, 5.41) is 0. The Morgan fingerprint density at radius 3 is 2.43 bits per heavy atom. The van der Waals surface area contributed by atoms with E-state index < -0.39 is 11.8 Å². The number of hydrazine groups is 1. The van der Waals surface area contributed by atoms with Crippen molar-refractivity contribution in [1.82, 2.24) is 15.8 Å². The van der Waals surface area contributed by atoms with Gasteiger partial charge in [-0.15, -0.1) is 0 Å². The van der Waals surface area contributed by atoms with Crippen LogP contribution in [0.4, 0.5) is 0 Å². The van der Waals surface area contributed by atoms with Crippen LogP contribution in [0.5, 0.6) is 0 Å². The molecule has 0 aromatic heterocycles. The molecule has 1 heterocycles. The van der Waals surface area contributed by atoms with Crippen LogP contribution in [-0.2, 0) is 9.59 Å². The quantitative estimate of drug-likeness (QED) is 0.604. The van der Waals surface area contributed by atoms with E-state index in [4.69, 9.17) is 0 Å². The molecule has 1 aliphatic heterocycles. The summed E-state index contributed by atoms with van der Waals surface area (Å²) >= 11 is 0. The summed E-state index contributed by atoms with van der Waals surface area (Å²) in [5.74, 6) is -0.315. The van der Waals surface area contributed by atoms with Gasteiger partial charge in [0.05, 0.1) is 0 Å². The number of hydrogen-bond acceptors (Lipinski definition) is 3. The van der Waals surface area contributed by atoms with Crippen molar-refractivity contribution >= 4 is 11.8 Å². The Morgan fingerprint density at radius 1 is 1.24 bits per heavy atom. The molecule has 1 saturated heterocycles. The van der Waals surface area contributed by atoms with Crippen LogP contribution >= 0.6 is 0 Å². The molecule has 0 spiro atoms. The molecule has 21 heavy (non-hydrogen) atoms. The first kappa shape index (κ1) is 15.9. The minimum Gasteiger partial charge on any atom is -0.334 e. The van der Waals surface area contributed by atoms with Gasteiger partial charge in [0.25, 0.3) is 0 Å². The minimum atomic E-state index is -0.559. The number of rotatable bonds is 2. The van der Waals surface area contributed by atoms with Gasteiger partial charge in [-0.3, -0.25) is 15.0 Å². The lowest BCUT2D eigenvalue weighted by atomic mass is 9.74. The van der Waals surface area contributed by atoms with E-state index in [-0.39, 0.29) is 0 Å². The van der Waals surface area contributed by atoms with Crippen molar-refractivity contribution in [2.75, 3.05) is 13.1 Å². The van der Waals surface area contributed by atoms with Crippen molar-refractivity contribution < 1.29 is 9.59 Å². The van der Waals surface area contributed by atoms with Gasteiger partial charge in [0.2, 0.25) is 0 Å². The lowest BCUT2D eigenvalue weighted by Gasteiger charge is -2.33. The number of allylic oxidation sites excluding steroid dienone is 2. The van der Waals surface area contributed by atoms with E-state index in [1.165, 1.54) is 0 Å². The molecule has 0 aromatic carbocycles. The fourth-order valence-electron chi connectivity index (χ4n) is 2.99. The zero-order valence-electron chi connectivity index (χ0n) is 13.4. The molecule has 0 unspecified atom stereocenters. The van der Waals surface area contributed by atoms with Crippen LogP contribution in [0, 0.1) is 11.3 Å². The van der Waals surface area contributed by atoms with Crippen molar-refractivity contribution in [3.05, 3.63) is 11.8 Å². The lowest BCUT2D eigenvalue weighted by molar-refractivity contribution is -0.145. The summed E-state index contributed by atoms with van der Waals surface area (Å²) in [7, 11) is 0. The molecular weight excluding hydrogens is 266 g/mol. The molecule has 0 saturated carbocycles. The minimum absolute atomic E-state index is 0.316. The Kier molecular flexibility index (Phi) is 4.91. The molecular formula is C16H27N3O2. The monoisotopic (exact) mass is 293 g/mol. The van der Waals surface area contributed by atoms with Gasteiger partial charge in [-0.05, 0) is 43.4 Å². The summed E-state index contributed by atoms with van der Waals surface area (Å²) in [4.78, 5) is 25.3. The molecule has 2 rings (SSSR count). The van der Waals surface area contributed by atoms with Crippen molar-refractivity contribution in [3.63, 3.8) is 0 Å². The van der Waals surface area contributed by atoms with Gasteiger partial charge in [0.1, 0.15) is 0 Å². The lowest BCUT2D eigenvalue weighted by Crippen LogP contribution is -2.47. The summed E-state index contributed by atoms with van der Waals surface area (Å²) in [6.45, 7) is 8.19. The van der Waals surface area contributed by atoms with Crippen LogP contribution in [0.2, 0.25) is 0 Å². The third kappa shape index (κ3) is 4.22. The first-order chi connectivity index (χ1) is 9.88. The van der Waals surface area contributed by atoms with Gasteiger partial charge >= 0.3 is 11.8 Å². The second-order valence-corrected chi connectivity index (χ2v) is 7.15. The fraction of sp³-hybridized carbons (Fsp3) is 0.750. The third-order valence-electron chi connectivity index (χ3n) is 4.56. The topological polar surface area (TPSA) is 61.4 Å². The Bertz CT molecular complexity index is 431. The van der Waals surface area contributed by atoms with E-state index in [2.05, 4.69) is 37.7 Å². The van der Waals surface area contributed by atoms with E-state index in [1.807, 2.05) is 0 Å². The molecule has 5 nitrogen and oxygen atoms in total. The fourth-order valence-corrected chi connectivity index (χ4v) is 2.99. The van der Waals surface area contributed by atoms with E-state index in [0.717, 1.165) is 37.8 Å². The maximum atomic E-state index is 11.9. The molecule has 0 bridgehead atoms. The first-order valence-corrected chi connectivity index (χ1v) is 7.92. The highest BCUT2D eigenvalue weighted by Crippen LogP contribution is 2.36. The number of nitrogens with zero attached hydrogens (tertiary/aromatic N) is 1. The third-order valence-corrected chi connectivity index (χ3v) is 4.56. The highest BCUT2D eigenvalue weighted by molar-refractivity contribution is 6.34. The SMILES string of the molecule is CC(C)(C)[C@@H]1CC=C(NNC(=O)C(=O)N2CCCC2)CC1. The second kappa shape index (κ2) is 6.50. The molecule has 1 aliphatic carbocycles. The Balaban J connectivity index is 1.77. The summed E-state index contributed by atoms with van der Waals surface area (Å²) < 4.78 is 0. The molecule has 1 fully saturated rings. The number of likely N-dealkylation sites (tertiary alicyclic amines) is 1. The second-order valence-electron chi connectivity index (χ2n) is 7.15. The van der Waals surface area contributed by atoms with Crippen LogP contribution in [-0.4, -0.2) is 29.8 Å². The van der Waals surface area contributed by atoms with Gasteiger partial charge in [-0.1, -0.05) is 26.8 Å². The Labute approximate surface area is 127 Å². The average molecular weight is 293 g/mol. The number of carbonyl (C=O) groups excluding carboxylic acids is 2. The summed E-state index contributed by atoms with van der Waals surface area (Å²) in [6.07, 6.45) is 7.16. The van der Waals surface area contributed by atoms with E-state index in [9.17, 15) is 9.59 Å². The van der Waals surface area contributed by atoms with Crippen molar-refractivity contribution in [2.45, 2.75) is 52.9 Å². The molecule has 2 N–H and O–H groups in total. The Morgan fingerprint density at radius 2 is 1.90 bits per heavy atom. The van der Waals surface area contributed by atoms with Crippen LogP contribution in [0.15, 0.2) is 11.8 Å². The zero-order chi connectivity index (χ0) is 15.5. The summed E-state index contributed by atoms with van der Waals surface area (Å²) in [6, 6.07) is 0. The molecule has 0 radical (unpaired) electrons. The molecule has 2 aliphatic rings. The number of carbonyl (C=O) groups is 2. The highest BCUT2D eigenvalue weighted by Gasteiger charge is 2.27. The number of nitrogens with one attached hydrogen (secondary N) is 2. The van der Waals surface area contributed by atoms with Crippen LogP contribution in [0.25, 0.3) is 0 Å². The summed E-state index contributed by atoms with van der Waals surface area (Å²) in [5.41, 5.74) is 6.77. The highest BCUT2D eigenvalue weighted by atomic mass is 16.2. The van der Waals surface area contributed by atoms with Crippen LogP contribution < -0.4 is 10.9 Å². The van der Waals surface area contributed by atoms with Crippen molar-refractivity contribution in [3.8, 4) is 0 Å². The van der Waals surface area contributed by atoms with E-state index >= 15 is 0 Å². The maximum absolute atomic E-state index is 11.9. The molecule has 5 heteroatoms. The van der Waals surface area contributed by atoms with Gasteiger partial charge < -0.3 is 10.3 Å². The number of amides is 2. The maximum Gasteiger partial charge on any atom is 0.327 e. The zero-order valence-corrected chi connectivity index (χ0v) is 13.4. The van der Waals surface area contributed by atoms with Gasteiger partial charge in [-0.25, -0.2) is 0 Å². The van der Waals surface area contributed by atoms with Gasteiger partial charge in [-0.2, -0.15) is 0 Å². The van der Waals surface area contributed by atoms with Gasteiger partial charge in [0.15, 0.2) is 0 Å². The average Bonchev–Trinajstić information content (AvgIpc) is 2.97. The van der Waals surface area contributed by atoms with Crippen LogP contribution in [0.3, 0.4) is 0 Å².